The van der Waals surface area contributed by atoms with Gasteiger partial charge in [-0.15, -0.1) is 0 Å². The predicted octanol–water partition coefficient (Wildman–Crippen LogP) is 2.85. The van der Waals surface area contributed by atoms with Crippen molar-refractivity contribution in [3.05, 3.63) is 24.3 Å². The first-order valence-corrected chi connectivity index (χ1v) is 5.33. The second-order valence-electron chi connectivity index (χ2n) is 3.81. The van der Waals surface area contributed by atoms with Crippen LogP contribution in [0.25, 0.3) is 0 Å². The average Bonchev–Trinajstić information content (AvgIpc) is 2.08. The van der Waals surface area contributed by atoms with E-state index in [1.807, 2.05) is 0 Å². The Bertz CT molecular complexity index is 187. The summed E-state index contributed by atoms with van der Waals surface area (Å²) in [6, 6.07) is 0. The third kappa shape index (κ3) is 3.00. The van der Waals surface area contributed by atoms with Crippen LogP contribution in [0.1, 0.15) is 26.7 Å². The summed E-state index contributed by atoms with van der Waals surface area (Å²) in [6.07, 6.45) is 6.80. The molecule has 1 fully saturated rings. The molecule has 0 N–H and O–H groups in total. The second kappa shape index (κ2) is 5.23. The Kier molecular flexibility index (Phi) is 4.23. The number of likely N-dealkylation sites (tertiary alicyclic amines) is 1. The zero-order valence-electron chi connectivity index (χ0n) is 8.92. The van der Waals surface area contributed by atoms with Gasteiger partial charge in [0.05, 0.1) is 0 Å². The molecule has 13 heavy (non-hydrogen) atoms. The van der Waals surface area contributed by atoms with Crippen molar-refractivity contribution < 1.29 is 0 Å². The molecule has 0 aromatic heterocycles. The van der Waals surface area contributed by atoms with Gasteiger partial charge in [-0.25, -0.2) is 0 Å². The van der Waals surface area contributed by atoms with Crippen molar-refractivity contribution in [3.63, 3.8) is 0 Å². The summed E-state index contributed by atoms with van der Waals surface area (Å²) in [6.45, 7) is 12.0. The minimum atomic E-state index is 0.778. The Hall–Kier alpha value is -0.560. The lowest BCUT2D eigenvalue weighted by atomic mass is 9.91. The van der Waals surface area contributed by atoms with Crippen LogP contribution in [-0.2, 0) is 0 Å². The molecule has 1 heterocycles. The molecular weight excluding hydrogens is 158 g/mol. The van der Waals surface area contributed by atoms with Crippen LogP contribution in [0.15, 0.2) is 24.3 Å². The molecule has 0 atom stereocenters. The number of hydrogen-bond acceptors (Lipinski definition) is 1. The van der Waals surface area contributed by atoms with E-state index in [-0.39, 0.29) is 0 Å². The zero-order chi connectivity index (χ0) is 9.68. The van der Waals surface area contributed by atoms with Gasteiger partial charge in [0.2, 0.25) is 0 Å². The molecule has 1 rings (SSSR count). The van der Waals surface area contributed by atoms with Crippen LogP contribution in [-0.4, -0.2) is 24.5 Å². The predicted molar refractivity (Wildman–Crippen MR) is 58.8 cm³/mol. The monoisotopic (exact) mass is 179 g/mol. The minimum Gasteiger partial charge on any atom is -0.298 e. The first kappa shape index (κ1) is 10.5. The van der Waals surface area contributed by atoms with Gasteiger partial charge in [0, 0.05) is 25.6 Å². The molecule has 1 aliphatic heterocycles. The molecule has 0 bridgehead atoms. The lowest BCUT2D eigenvalue weighted by Gasteiger charge is -2.39. The zero-order valence-corrected chi connectivity index (χ0v) is 8.92. The van der Waals surface area contributed by atoms with Crippen molar-refractivity contribution in [2.45, 2.75) is 26.7 Å². The van der Waals surface area contributed by atoms with Gasteiger partial charge in [0.1, 0.15) is 0 Å². The number of hydrogen-bond donors (Lipinski definition) is 0. The lowest BCUT2D eigenvalue weighted by Crippen LogP contribution is -2.47. The maximum Gasteiger partial charge on any atom is 0.0163 e. The number of nitrogens with zero attached hydrogens (tertiary/aromatic N) is 1. The maximum absolute atomic E-state index is 4.08. The van der Waals surface area contributed by atoms with E-state index < -0.39 is 0 Å². The molecule has 1 aliphatic rings. The Morgan fingerprint density at radius 3 is 2.62 bits per heavy atom. The van der Waals surface area contributed by atoms with Crippen molar-refractivity contribution in [1.29, 1.82) is 0 Å². The normalized spacial score (nSPS) is 19.2. The number of rotatable bonds is 5. The van der Waals surface area contributed by atoms with Gasteiger partial charge < -0.3 is 0 Å². The number of allylic oxidation sites excluding steroid dienone is 1. The molecule has 1 heteroatoms. The quantitative estimate of drug-likeness (QED) is 0.587. The highest BCUT2D eigenvalue weighted by Crippen LogP contribution is 2.23. The Labute approximate surface area is 82.1 Å². The molecule has 0 aromatic carbocycles. The SMILES string of the molecule is C=C(CC)C1CN(C/C=C\CC)C1. The summed E-state index contributed by atoms with van der Waals surface area (Å²) in [4.78, 5) is 2.47. The van der Waals surface area contributed by atoms with Gasteiger partial charge in [0.25, 0.3) is 0 Å². The van der Waals surface area contributed by atoms with Crippen LogP contribution in [0.3, 0.4) is 0 Å². The maximum atomic E-state index is 4.08. The van der Waals surface area contributed by atoms with E-state index >= 15 is 0 Å². The third-order valence-corrected chi connectivity index (χ3v) is 2.75. The van der Waals surface area contributed by atoms with E-state index in [0.717, 1.165) is 25.3 Å². The highest BCUT2D eigenvalue weighted by molar-refractivity contribution is 5.07. The molecule has 0 aromatic rings. The van der Waals surface area contributed by atoms with Crippen LogP contribution in [0.2, 0.25) is 0 Å². The summed E-state index contributed by atoms with van der Waals surface area (Å²) < 4.78 is 0. The first-order chi connectivity index (χ1) is 6.27. The molecule has 1 saturated heterocycles. The molecular formula is C12H21N. The van der Waals surface area contributed by atoms with Gasteiger partial charge in [-0.2, -0.15) is 0 Å². The van der Waals surface area contributed by atoms with Crippen molar-refractivity contribution in [2.24, 2.45) is 5.92 Å². The van der Waals surface area contributed by atoms with Gasteiger partial charge >= 0.3 is 0 Å². The molecule has 0 spiro atoms. The lowest BCUT2D eigenvalue weighted by molar-refractivity contribution is 0.139. The molecule has 0 unspecified atom stereocenters. The van der Waals surface area contributed by atoms with E-state index in [1.165, 1.54) is 18.7 Å². The van der Waals surface area contributed by atoms with E-state index in [9.17, 15) is 0 Å². The summed E-state index contributed by atoms with van der Waals surface area (Å²) in [5, 5.41) is 0. The van der Waals surface area contributed by atoms with Crippen molar-refractivity contribution >= 4 is 0 Å². The van der Waals surface area contributed by atoms with Crippen molar-refractivity contribution in [1.82, 2.24) is 4.90 Å². The van der Waals surface area contributed by atoms with E-state index in [0.29, 0.717) is 0 Å². The van der Waals surface area contributed by atoms with E-state index in [2.05, 4.69) is 37.5 Å². The highest BCUT2D eigenvalue weighted by atomic mass is 15.2. The van der Waals surface area contributed by atoms with Gasteiger partial charge in [-0.3, -0.25) is 4.90 Å². The summed E-state index contributed by atoms with van der Waals surface area (Å²) >= 11 is 0. The molecule has 0 amide bonds. The standard InChI is InChI=1S/C12H21N/c1-4-6-7-8-13-9-12(10-13)11(3)5-2/h6-7,12H,3-5,8-10H2,1-2H3/b7-6-. The fraction of sp³-hybridized carbons (Fsp3) is 0.667. The summed E-state index contributed by atoms with van der Waals surface area (Å²) in [5.41, 5.74) is 1.43. The molecule has 0 aliphatic carbocycles. The smallest absolute Gasteiger partial charge is 0.0163 e. The van der Waals surface area contributed by atoms with E-state index in [1.54, 1.807) is 0 Å². The molecule has 0 radical (unpaired) electrons. The summed E-state index contributed by atoms with van der Waals surface area (Å²) in [7, 11) is 0. The molecule has 0 saturated carbocycles. The third-order valence-electron chi connectivity index (χ3n) is 2.75. The van der Waals surface area contributed by atoms with Crippen molar-refractivity contribution in [2.75, 3.05) is 19.6 Å². The largest absolute Gasteiger partial charge is 0.298 e. The fourth-order valence-corrected chi connectivity index (χ4v) is 1.66. The minimum absolute atomic E-state index is 0.778. The highest BCUT2D eigenvalue weighted by Gasteiger charge is 2.26. The van der Waals surface area contributed by atoms with Crippen LogP contribution >= 0.6 is 0 Å². The Morgan fingerprint density at radius 2 is 2.08 bits per heavy atom. The van der Waals surface area contributed by atoms with Gasteiger partial charge in [-0.05, 0) is 12.8 Å². The Balaban J connectivity index is 2.11. The van der Waals surface area contributed by atoms with Crippen LogP contribution < -0.4 is 0 Å². The first-order valence-electron chi connectivity index (χ1n) is 5.33. The van der Waals surface area contributed by atoms with Crippen molar-refractivity contribution in [3.8, 4) is 0 Å². The molecule has 74 valence electrons. The Morgan fingerprint density at radius 1 is 1.38 bits per heavy atom. The van der Waals surface area contributed by atoms with Gasteiger partial charge in [0.15, 0.2) is 0 Å². The molecule has 1 nitrogen and oxygen atoms in total. The fourth-order valence-electron chi connectivity index (χ4n) is 1.66. The van der Waals surface area contributed by atoms with Gasteiger partial charge in [-0.1, -0.05) is 38.2 Å². The summed E-state index contributed by atoms with van der Waals surface area (Å²) in [5.74, 6) is 0.778. The van der Waals surface area contributed by atoms with Crippen LogP contribution in [0.4, 0.5) is 0 Å². The van der Waals surface area contributed by atoms with E-state index in [4.69, 9.17) is 0 Å². The van der Waals surface area contributed by atoms with Crippen LogP contribution in [0, 0.1) is 5.92 Å². The average molecular weight is 179 g/mol. The second-order valence-corrected chi connectivity index (χ2v) is 3.81. The topological polar surface area (TPSA) is 3.24 Å². The van der Waals surface area contributed by atoms with Crippen LogP contribution in [0.5, 0.6) is 0 Å².